The Bertz CT molecular complexity index is 501. The highest BCUT2D eigenvalue weighted by atomic mass is 16.8. The summed E-state index contributed by atoms with van der Waals surface area (Å²) in [5.74, 6) is -1.90. The predicted molar refractivity (Wildman–Crippen MR) is 81.4 cm³/mol. The number of amides is 1. The van der Waals surface area contributed by atoms with Crippen molar-refractivity contribution >= 4 is 11.9 Å². The first-order chi connectivity index (χ1) is 10.8. The van der Waals surface area contributed by atoms with Gasteiger partial charge in [0.25, 0.3) is 0 Å². The first-order valence-electron chi connectivity index (χ1n) is 8.03. The van der Waals surface area contributed by atoms with E-state index in [0.717, 1.165) is 0 Å². The molecule has 23 heavy (non-hydrogen) atoms. The molecule has 2 N–H and O–H groups in total. The Balaban J connectivity index is 2.38. The van der Waals surface area contributed by atoms with Crippen LogP contribution < -0.4 is 5.32 Å². The van der Waals surface area contributed by atoms with Crippen molar-refractivity contribution < 1.29 is 28.9 Å². The number of aliphatic hydroxyl groups is 1. The molecule has 130 valence electrons. The van der Waals surface area contributed by atoms with Gasteiger partial charge in [-0.05, 0) is 25.8 Å². The molecule has 1 fully saturated rings. The second-order valence-corrected chi connectivity index (χ2v) is 5.87. The minimum atomic E-state index is -1.93. The summed E-state index contributed by atoms with van der Waals surface area (Å²) in [6, 6.07) is -0.479. The van der Waals surface area contributed by atoms with E-state index in [4.69, 9.17) is 14.2 Å². The van der Waals surface area contributed by atoms with Gasteiger partial charge < -0.3 is 24.6 Å². The number of ether oxygens (including phenoxy) is 3. The zero-order chi connectivity index (χ0) is 17.3. The van der Waals surface area contributed by atoms with Crippen LogP contribution in [-0.4, -0.2) is 53.2 Å². The predicted octanol–water partition coefficient (Wildman–Crippen LogP) is 0.655. The summed E-state index contributed by atoms with van der Waals surface area (Å²) in [6.07, 6.45) is 2.40. The van der Waals surface area contributed by atoms with Gasteiger partial charge >= 0.3 is 5.97 Å². The molecule has 0 aromatic heterocycles. The van der Waals surface area contributed by atoms with Gasteiger partial charge in [0, 0.05) is 6.92 Å². The third-order valence-corrected chi connectivity index (χ3v) is 4.39. The number of fused-ring (bicyclic) bond motifs is 1. The number of hydrogen-bond acceptors (Lipinski definition) is 6. The van der Waals surface area contributed by atoms with E-state index >= 15 is 0 Å². The molecule has 0 spiro atoms. The molecular formula is C16H25NO6. The summed E-state index contributed by atoms with van der Waals surface area (Å²) in [5, 5.41) is 13.6. The molecule has 0 aromatic carbocycles. The van der Waals surface area contributed by atoms with E-state index in [2.05, 4.69) is 5.32 Å². The van der Waals surface area contributed by atoms with Gasteiger partial charge in [0.1, 0.15) is 12.2 Å². The van der Waals surface area contributed by atoms with Crippen molar-refractivity contribution in [2.75, 3.05) is 6.61 Å². The zero-order valence-electron chi connectivity index (χ0n) is 14.0. The molecule has 1 heterocycles. The Hall–Kier alpha value is -1.44. The van der Waals surface area contributed by atoms with Crippen LogP contribution in [0.2, 0.25) is 0 Å². The number of hydrogen-bond donors (Lipinski definition) is 2. The third kappa shape index (κ3) is 3.13. The van der Waals surface area contributed by atoms with Gasteiger partial charge in [-0.25, -0.2) is 4.79 Å². The average Bonchev–Trinajstić information content (AvgIpc) is 2.92. The van der Waals surface area contributed by atoms with Gasteiger partial charge in [0.05, 0.1) is 12.6 Å². The second-order valence-electron chi connectivity index (χ2n) is 5.87. The quantitative estimate of drug-likeness (QED) is 0.569. The average molecular weight is 327 g/mol. The van der Waals surface area contributed by atoms with E-state index < -0.39 is 35.6 Å². The van der Waals surface area contributed by atoms with Crippen LogP contribution >= 0.6 is 0 Å². The van der Waals surface area contributed by atoms with E-state index in [-0.39, 0.29) is 12.5 Å². The van der Waals surface area contributed by atoms with Crippen LogP contribution in [0.1, 0.15) is 40.5 Å². The Morgan fingerprint density at radius 3 is 2.43 bits per heavy atom. The smallest absolute Gasteiger partial charge is 0.345 e. The molecule has 0 bridgehead atoms. The van der Waals surface area contributed by atoms with E-state index in [1.165, 1.54) is 13.0 Å². The molecule has 1 aliphatic carbocycles. The molecular weight excluding hydrogens is 302 g/mol. The first kappa shape index (κ1) is 17.9. The highest BCUT2D eigenvalue weighted by Gasteiger charge is 2.61. The highest BCUT2D eigenvalue weighted by Crippen LogP contribution is 2.43. The monoisotopic (exact) mass is 327 g/mol. The van der Waals surface area contributed by atoms with Crippen LogP contribution in [0.25, 0.3) is 0 Å². The zero-order valence-corrected chi connectivity index (χ0v) is 14.0. The van der Waals surface area contributed by atoms with Crippen molar-refractivity contribution in [3.8, 4) is 0 Å². The van der Waals surface area contributed by atoms with E-state index in [9.17, 15) is 14.7 Å². The number of carbonyl (C=O) groups is 2. The lowest BCUT2D eigenvalue weighted by molar-refractivity contribution is -0.199. The Kier molecular flexibility index (Phi) is 5.13. The maximum absolute atomic E-state index is 12.2. The van der Waals surface area contributed by atoms with Gasteiger partial charge in [-0.15, -0.1) is 0 Å². The van der Waals surface area contributed by atoms with Crippen molar-refractivity contribution in [2.24, 2.45) is 0 Å². The van der Waals surface area contributed by atoms with Crippen LogP contribution in [0.4, 0.5) is 0 Å². The fourth-order valence-corrected chi connectivity index (χ4v) is 3.07. The van der Waals surface area contributed by atoms with Crippen LogP contribution in [0.15, 0.2) is 12.2 Å². The summed E-state index contributed by atoms with van der Waals surface area (Å²) >= 11 is 0. The standard InChI is InChI=1S/C16H25NO6/c1-5-15(6-2)22-12-11(17-10(4)18)8-9-16(20,13(12)23-15)14(19)21-7-3/h8-9,11-13,20H,5-7H2,1-4H3,(H,17,18)/t11-,12+,13+,16+/m1/s1. The van der Waals surface area contributed by atoms with Crippen LogP contribution in [0, 0.1) is 0 Å². The van der Waals surface area contributed by atoms with Gasteiger partial charge in [0.2, 0.25) is 11.5 Å². The molecule has 2 rings (SSSR count). The minimum absolute atomic E-state index is 0.148. The molecule has 2 aliphatic rings. The number of carbonyl (C=O) groups excluding carboxylic acids is 2. The SMILES string of the molecule is CCOC(=O)[C@]1(O)C=C[C@@H](NC(C)=O)[C@@H]2OC(CC)(CC)O[C@@H]21. The third-order valence-electron chi connectivity index (χ3n) is 4.39. The van der Waals surface area contributed by atoms with Crippen LogP contribution in [0.3, 0.4) is 0 Å². The maximum atomic E-state index is 12.2. The van der Waals surface area contributed by atoms with Crippen LogP contribution in [0.5, 0.6) is 0 Å². The van der Waals surface area contributed by atoms with E-state index in [1.54, 1.807) is 13.0 Å². The summed E-state index contributed by atoms with van der Waals surface area (Å²) in [7, 11) is 0. The van der Waals surface area contributed by atoms with E-state index in [0.29, 0.717) is 12.8 Å². The fourth-order valence-electron chi connectivity index (χ4n) is 3.07. The molecule has 0 unspecified atom stereocenters. The number of esters is 1. The molecule has 1 saturated heterocycles. The van der Waals surface area contributed by atoms with Gasteiger partial charge in [-0.1, -0.05) is 19.9 Å². The summed E-state index contributed by atoms with van der Waals surface area (Å²) in [4.78, 5) is 23.6. The van der Waals surface area contributed by atoms with Gasteiger partial charge in [-0.2, -0.15) is 0 Å². The summed E-state index contributed by atoms with van der Waals surface area (Å²) in [5.41, 5.74) is -1.93. The molecule has 7 heteroatoms. The van der Waals surface area contributed by atoms with Crippen molar-refractivity contribution in [1.82, 2.24) is 5.32 Å². The minimum Gasteiger partial charge on any atom is -0.464 e. The topological polar surface area (TPSA) is 94.1 Å². The highest BCUT2D eigenvalue weighted by molar-refractivity contribution is 5.83. The molecule has 7 nitrogen and oxygen atoms in total. The van der Waals surface area contributed by atoms with E-state index in [1.807, 2.05) is 13.8 Å². The second kappa shape index (κ2) is 6.59. The molecule has 4 atom stereocenters. The maximum Gasteiger partial charge on any atom is 0.345 e. The lowest BCUT2D eigenvalue weighted by atomic mass is 9.83. The lowest BCUT2D eigenvalue weighted by Crippen LogP contribution is -2.61. The van der Waals surface area contributed by atoms with Crippen molar-refractivity contribution in [3.05, 3.63) is 12.2 Å². The summed E-state index contributed by atoms with van der Waals surface area (Å²) < 4.78 is 17.0. The van der Waals surface area contributed by atoms with Gasteiger partial charge in [-0.3, -0.25) is 4.79 Å². The Morgan fingerprint density at radius 2 is 1.91 bits per heavy atom. The number of rotatable bonds is 5. The van der Waals surface area contributed by atoms with Crippen LogP contribution in [-0.2, 0) is 23.8 Å². The Morgan fingerprint density at radius 1 is 1.26 bits per heavy atom. The van der Waals surface area contributed by atoms with Gasteiger partial charge in [0.15, 0.2) is 5.79 Å². The largest absolute Gasteiger partial charge is 0.464 e. The first-order valence-corrected chi connectivity index (χ1v) is 8.03. The Labute approximate surface area is 136 Å². The van der Waals surface area contributed by atoms with Crippen molar-refractivity contribution in [3.63, 3.8) is 0 Å². The molecule has 1 amide bonds. The molecule has 0 radical (unpaired) electrons. The van der Waals surface area contributed by atoms with Crippen molar-refractivity contribution in [2.45, 2.75) is 70.2 Å². The molecule has 1 aliphatic heterocycles. The normalized spacial score (nSPS) is 34.7. The molecule has 0 saturated carbocycles. The lowest BCUT2D eigenvalue weighted by Gasteiger charge is -2.37. The summed E-state index contributed by atoms with van der Waals surface area (Å²) in [6.45, 7) is 7.03. The molecule has 0 aromatic rings. The van der Waals surface area contributed by atoms with Crippen molar-refractivity contribution in [1.29, 1.82) is 0 Å². The number of nitrogens with one attached hydrogen (secondary N) is 1. The fraction of sp³-hybridized carbons (Fsp3) is 0.750.